The minimum absolute atomic E-state index is 0.591. The Kier molecular flexibility index (Phi) is 7.11. The Morgan fingerprint density at radius 2 is 1.61 bits per heavy atom. The van der Waals surface area contributed by atoms with Crippen LogP contribution in [0.25, 0.3) is 0 Å². The molecule has 124 valence electrons. The molecule has 0 bridgehead atoms. The molecule has 0 unspecified atom stereocenters. The maximum atomic E-state index is 5.70. The second-order valence-corrected chi connectivity index (χ2v) is 5.18. The molecule has 0 saturated carbocycles. The van der Waals surface area contributed by atoms with E-state index in [0.717, 1.165) is 48.9 Å². The van der Waals surface area contributed by atoms with Gasteiger partial charge in [0.05, 0.1) is 13.7 Å². The first-order valence-electron chi connectivity index (χ1n) is 8.05. The van der Waals surface area contributed by atoms with E-state index < -0.39 is 0 Å². The van der Waals surface area contributed by atoms with Gasteiger partial charge in [-0.25, -0.2) is 0 Å². The zero-order valence-electron chi connectivity index (χ0n) is 13.9. The zero-order chi connectivity index (χ0) is 16.3. The van der Waals surface area contributed by atoms with E-state index in [9.17, 15) is 0 Å². The average Bonchev–Trinajstić information content (AvgIpc) is 2.60. The SMILES string of the molecule is CCCCOc1cccc(NCCOc2ccc(OC)cc2)c1. The summed E-state index contributed by atoms with van der Waals surface area (Å²) in [6, 6.07) is 15.6. The third-order valence-electron chi connectivity index (χ3n) is 3.36. The van der Waals surface area contributed by atoms with Gasteiger partial charge < -0.3 is 19.5 Å². The summed E-state index contributed by atoms with van der Waals surface area (Å²) < 4.78 is 16.5. The van der Waals surface area contributed by atoms with Crippen LogP contribution in [0.5, 0.6) is 17.2 Å². The first kappa shape index (κ1) is 17.0. The molecule has 0 heterocycles. The maximum Gasteiger partial charge on any atom is 0.121 e. The average molecular weight is 315 g/mol. The third kappa shape index (κ3) is 6.10. The molecule has 0 fully saturated rings. The summed E-state index contributed by atoms with van der Waals surface area (Å²) in [7, 11) is 1.65. The summed E-state index contributed by atoms with van der Waals surface area (Å²) in [6.07, 6.45) is 2.22. The fraction of sp³-hybridized carbons (Fsp3) is 0.368. The number of hydrogen-bond acceptors (Lipinski definition) is 4. The van der Waals surface area contributed by atoms with Crippen molar-refractivity contribution in [3.63, 3.8) is 0 Å². The lowest BCUT2D eigenvalue weighted by atomic mass is 10.3. The van der Waals surface area contributed by atoms with Crippen LogP contribution >= 0.6 is 0 Å². The van der Waals surface area contributed by atoms with E-state index in [1.165, 1.54) is 0 Å². The fourth-order valence-electron chi connectivity index (χ4n) is 2.07. The fourth-order valence-corrected chi connectivity index (χ4v) is 2.07. The highest BCUT2D eigenvalue weighted by molar-refractivity contribution is 5.48. The van der Waals surface area contributed by atoms with Crippen molar-refractivity contribution in [1.82, 2.24) is 0 Å². The summed E-state index contributed by atoms with van der Waals surface area (Å²) in [4.78, 5) is 0. The van der Waals surface area contributed by atoms with E-state index in [2.05, 4.69) is 12.2 Å². The monoisotopic (exact) mass is 315 g/mol. The van der Waals surface area contributed by atoms with Crippen molar-refractivity contribution < 1.29 is 14.2 Å². The van der Waals surface area contributed by atoms with E-state index in [0.29, 0.717) is 6.61 Å². The lowest BCUT2D eigenvalue weighted by Gasteiger charge is -2.11. The Morgan fingerprint density at radius 3 is 2.35 bits per heavy atom. The molecule has 4 heteroatoms. The number of rotatable bonds is 10. The first-order chi connectivity index (χ1) is 11.3. The number of ether oxygens (including phenoxy) is 3. The Balaban J connectivity index is 1.71. The summed E-state index contributed by atoms with van der Waals surface area (Å²) in [6.45, 7) is 4.24. The molecule has 0 spiro atoms. The molecule has 0 aliphatic rings. The molecule has 0 amide bonds. The zero-order valence-corrected chi connectivity index (χ0v) is 13.9. The van der Waals surface area contributed by atoms with E-state index in [4.69, 9.17) is 14.2 Å². The second kappa shape index (κ2) is 9.62. The first-order valence-corrected chi connectivity index (χ1v) is 8.05. The van der Waals surface area contributed by atoms with Gasteiger partial charge in [0.25, 0.3) is 0 Å². The minimum Gasteiger partial charge on any atom is -0.497 e. The third-order valence-corrected chi connectivity index (χ3v) is 3.36. The van der Waals surface area contributed by atoms with Crippen LogP contribution in [0.3, 0.4) is 0 Å². The van der Waals surface area contributed by atoms with Crippen LogP contribution in [-0.2, 0) is 0 Å². The molecule has 0 aliphatic carbocycles. The van der Waals surface area contributed by atoms with Crippen LogP contribution in [0.15, 0.2) is 48.5 Å². The van der Waals surface area contributed by atoms with Gasteiger partial charge in [0.2, 0.25) is 0 Å². The quantitative estimate of drug-likeness (QED) is 0.661. The summed E-state index contributed by atoms with van der Waals surface area (Å²) >= 11 is 0. The van der Waals surface area contributed by atoms with Gasteiger partial charge in [-0.15, -0.1) is 0 Å². The van der Waals surface area contributed by atoms with Crippen LogP contribution < -0.4 is 19.5 Å². The number of benzene rings is 2. The van der Waals surface area contributed by atoms with E-state index in [1.54, 1.807) is 7.11 Å². The second-order valence-electron chi connectivity index (χ2n) is 5.18. The Bertz CT molecular complexity index is 569. The van der Waals surface area contributed by atoms with Crippen molar-refractivity contribution in [2.75, 3.05) is 32.2 Å². The van der Waals surface area contributed by atoms with E-state index in [-0.39, 0.29) is 0 Å². The highest BCUT2D eigenvalue weighted by atomic mass is 16.5. The van der Waals surface area contributed by atoms with E-state index >= 15 is 0 Å². The molecule has 0 radical (unpaired) electrons. The maximum absolute atomic E-state index is 5.70. The van der Waals surface area contributed by atoms with Crippen molar-refractivity contribution in [2.45, 2.75) is 19.8 Å². The number of unbranched alkanes of at least 4 members (excludes halogenated alkanes) is 1. The molecule has 2 aromatic rings. The lowest BCUT2D eigenvalue weighted by molar-refractivity contribution is 0.309. The van der Waals surface area contributed by atoms with E-state index in [1.807, 2.05) is 48.5 Å². The molecule has 4 nitrogen and oxygen atoms in total. The highest BCUT2D eigenvalue weighted by Crippen LogP contribution is 2.18. The molecule has 2 rings (SSSR count). The number of hydrogen-bond donors (Lipinski definition) is 1. The minimum atomic E-state index is 0.591. The van der Waals surface area contributed by atoms with Gasteiger partial charge in [0.15, 0.2) is 0 Å². The van der Waals surface area contributed by atoms with Crippen LogP contribution in [-0.4, -0.2) is 26.9 Å². The summed E-state index contributed by atoms with van der Waals surface area (Å²) in [5.41, 5.74) is 1.04. The topological polar surface area (TPSA) is 39.7 Å². The predicted molar refractivity (Wildman–Crippen MR) is 93.8 cm³/mol. The number of nitrogens with one attached hydrogen (secondary N) is 1. The van der Waals surface area contributed by atoms with Crippen LogP contribution in [0, 0.1) is 0 Å². The summed E-state index contributed by atoms with van der Waals surface area (Å²) in [5, 5.41) is 3.34. The molecule has 0 aromatic heterocycles. The van der Waals surface area contributed by atoms with Crippen molar-refractivity contribution in [2.24, 2.45) is 0 Å². The van der Waals surface area contributed by atoms with Gasteiger partial charge in [-0.3, -0.25) is 0 Å². The molecule has 0 saturated heterocycles. The Morgan fingerprint density at radius 1 is 0.870 bits per heavy atom. The molecule has 23 heavy (non-hydrogen) atoms. The van der Waals surface area contributed by atoms with Crippen molar-refractivity contribution in [3.8, 4) is 17.2 Å². The Labute approximate surface area is 138 Å². The molecular weight excluding hydrogens is 290 g/mol. The molecule has 2 aromatic carbocycles. The van der Waals surface area contributed by atoms with Gasteiger partial charge in [-0.1, -0.05) is 19.4 Å². The molecule has 0 atom stereocenters. The predicted octanol–water partition coefficient (Wildman–Crippen LogP) is 4.37. The number of methoxy groups -OCH3 is 1. The molecule has 0 aliphatic heterocycles. The van der Waals surface area contributed by atoms with Crippen LogP contribution in [0.2, 0.25) is 0 Å². The highest BCUT2D eigenvalue weighted by Gasteiger charge is 1.98. The van der Waals surface area contributed by atoms with Crippen LogP contribution in [0.4, 0.5) is 5.69 Å². The normalized spacial score (nSPS) is 10.2. The lowest BCUT2D eigenvalue weighted by Crippen LogP contribution is -2.11. The molecule has 1 N–H and O–H groups in total. The van der Waals surface area contributed by atoms with Crippen molar-refractivity contribution >= 4 is 5.69 Å². The smallest absolute Gasteiger partial charge is 0.121 e. The largest absolute Gasteiger partial charge is 0.497 e. The van der Waals surface area contributed by atoms with Gasteiger partial charge in [0.1, 0.15) is 23.9 Å². The Hall–Kier alpha value is -2.36. The van der Waals surface area contributed by atoms with Gasteiger partial charge >= 0.3 is 0 Å². The van der Waals surface area contributed by atoms with Crippen molar-refractivity contribution in [1.29, 1.82) is 0 Å². The standard InChI is InChI=1S/C19H25NO3/c1-3-4-13-22-19-7-5-6-16(15-19)20-12-14-23-18-10-8-17(21-2)9-11-18/h5-11,15,20H,3-4,12-14H2,1-2H3. The molecular formula is C19H25NO3. The summed E-state index contributed by atoms with van der Waals surface area (Å²) in [5.74, 6) is 2.57. The van der Waals surface area contributed by atoms with Gasteiger partial charge in [0, 0.05) is 18.3 Å². The van der Waals surface area contributed by atoms with Crippen molar-refractivity contribution in [3.05, 3.63) is 48.5 Å². The van der Waals surface area contributed by atoms with Crippen LogP contribution in [0.1, 0.15) is 19.8 Å². The van der Waals surface area contributed by atoms with Gasteiger partial charge in [-0.2, -0.15) is 0 Å². The number of anilines is 1. The van der Waals surface area contributed by atoms with Gasteiger partial charge in [-0.05, 0) is 42.8 Å².